The van der Waals surface area contributed by atoms with E-state index in [1.54, 1.807) is 18.7 Å². The predicted octanol–water partition coefficient (Wildman–Crippen LogP) is 1.24. The lowest BCUT2D eigenvalue weighted by atomic mass is 10.1. The van der Waals surface area contributed by atoms with Crippen LogP contribution in [0.2, 0.25) is 0 Å². The van der Waals surface area contributed by atoms with Crippen LogP contribution >= 0.6 is 0 Å². The van der Waals surface area contributed by atoms with E-state index < -0.39 is 11.7 Å². The molecule has 0 aliphatic carbocycles. The summed E-state index contributed by atoms with van der Waals surface area (Å²) in [6, 6.07) is 10.0. The minimum absolute atomic E-state index is 0.126. The lowest BCUT2D eigenvalue weighted by Crippen LogP contribution is -2.45. The van der Waals surface area contributed by atoms with Crippen molar-refractivity contribution in [2.75, 3.05) is 26.2 Å². The van der Waals surface area contributed by atoms with Crippen LogP contribution in [0.25, 0.3) is 0 Å². The highest BCUT2D eigenvalue weighted by molar-refractivity contribution is 5.78. The molecule has 5 nitrogen and oxygen atoms in total. The number of likely N-dealkylation sites (tertiary alicyclic amines) is 1. The molecule has 1 aromatic rings. The van der Waals surface area contributed by atoms with Crippen molar-refractivity contribution in [2.24, 2.45) is 0 Å². The third kappa shape index (κ3) is 6.29. The second-order valence-electron chi connectivity index (χ2n) is 7.06. The fourth-order valence-corrected chi connectivity index (χ4v) is 3.08. The average Bonchev–Trinajstić information content (AvgIpc) is 2.83. The van der Waals surface area contributed by atoms with Crippen molar-refractivity contribution in [3.8, 4) is 0 Å². The maximum atomic E-state index is 11.7. The van der Waals surface area contributed by atoms with Crippen LogP contribution in [0.3, 0.4) is 0 Å². The zero-order valence-corrected chi connectivity index (χ0v) is 14.1. The summed E-state index contributed by atoms with van der Waals surface area (Å²) in [5.74, 6) is 0.126. The van der Waals surface area contributed by atoms with Gasteiger partial charge in [0.05, 0.1) is 11.7 Å². The Labute approximate surface area is 138 Å². The van der Waals surface area contributed by atoms with Crippen molar-refractivity contribution in [3.63, 3.8) is 0 Å². The first kappa shape index (κ1) is 17.9. The summed E-state index contributed by atoms with van der Waals surface area (Å²) >= 11 is 0. The van der Waals surface area contributed by atoms with Crippen LogP contribution in [0, 0.1) is 0 Å². The minimum atomic E-state index is -0.835. The van der Waals surface area contributed by atoms with Gasteiger partial charge < -0.3 is 15.1 Å². The van der Waals surface area contributed by atoms with Gasteiger partial charge in [0.15, 0.2) is 0 Å². The molecule has 2 rings (SSSR count). The maximum absolute atomic E-state index is 11.7. The molecule has 0 radical (unpaired) electrons. The van der Waals surface area contributed by atoms with Crippen LogP contribution in [0.15, 0.2) is 30.3 Å². The highest BCUT2D eigenvalue weighted by Gasteiger charge is 2.25. The Kier molecular flexibility index (Phi) is 6.16. The molecule has 23 heavy (non-hydrogen) atoms. The summed E-state index contributed by atoms with van der Waals surface area (Å²) in [5.41, 5.74) is 0.305. The second-order valence-corrected chi connectivity index (χ2v) is 7.06. The van der Waals surface area contributed by atoms with Crippen molar-refractivity contribution in [1.29, 1.82) is 0 Å². The van der Waals surface area contributed by atoms with Gasteiger partial charge in [0.1, 0.15) is 0 Å². The summed E-state index contributed by atoms with van der Waals surface area (Å²) in [5, 5.41) is 20.5. The van der Waals surface area contributed by atoms with E-state index in [2.05, 4.69) is 0 Å². The number of carbonyl (C=O) groups excluding carboxylic acids is 1. The molecule has 1 aliphatic rings. The smallest absolute Gasteiger partial charge is 0.222 e. The number of hydrogen-bond donors (Lipinski definition) is 2. The molecule has 1 fully saturated rings. The van der Waals surface area contributed by atoms with E-state index in [4.69, 9.17) is 0 Å². The van der Waals surface area contributed by atoms with Crippen LogP contribution in [0.1, 0.15) is 32.3 Å². The van der Waals surface area contributed by atoms with Gasteiger partial charge in [0, 0.05) is 39.1 Å². The number of aliphatic hydroxyl groups excluding tert-OH is 1. The molecular weight excluding hydrogens is 292 g/mol. The molecular formula is C18H28N2O3. The molecule has 2 N–H and O–H groups in total. The molecule has 0 saturated carbocycles. The SMILES string of the molecule is CC(C)(O)CN(Cc1ccccc1)CC(O)CN1CCCC1=O. The zero-order chi connectivity index (χ0) is 16.9. The van der Waals surface area contributed by atoms with E-state index in [0.717, 1.165) is 18.5 Å². The van der Waals surface area contributed by atoms with Gasteiger partial charge in [0.25, 0.3) is 0 Å². The molecule has 128 valence electrons. The number of carbonyl (C=O) groups is 1. The van der Waals surface area contributed by atoms with Gasteiger partial charge in [-0.15, -0.1) is 0 Å². The number of rotatable bonds is 8. The summed E-state index contributed by atoms with van der Waals surface area (Å²) in [4.78, 5) is 15.5. The zero-order valence-electron chi connectivity index (χ0n) is 14.1. The van der Waals surface area contributed by atoms with E-state index >= 15 is 0 Å². The van der Waals surface area contributed by atoms with Crippen LogP contribution in [0.5, 0.6) is 0 Å². The molecule has 0 aromatic heterocycles. The van der Waals surface area contributed by atoms with Crippen molar-refractivity contribution in [1.82, 2.24) is 9.80 Å². The molecule has 1 heterocycles. The maximum Gasteiger partial charge on any atom is 0.222 e. The lowest BCUT2D eigenvalue weighted by molar-refractivity contribution is -0.129. The fraction of sp³-hybridized carbons (Fsp3) is 0.611. The summed E-state index contributed by atoms with van der Waals surface area (Å²) in [7, 11) is 0. The van der Waals surface area contributed by atoms with Gasteiger partial charge in [0.2, 0.25) is 5.91 Å². The third-order valence-electron chi connectivity index (χ3n) is 3.93. The third-order valence-corrected chi connectivity index (χ3v) is 3.93. The molecule has 1 amide bonds. The molecule has 1 unspecified atom stereocenters. The number of hydrogen-bond acceptors (Lipinski definition) is 4. The Bertz CT molecular complexity index is 499. The van der Waals surface area contributed by atoms with E-state index in [0.29, 0.717) is 32.6 Å². The number of aliphatic hydroxyl groups is 2. The molecule has 1 saturated heterocycles. The first-order valence-electron chi connectivity index (χ1n) is 8.28. The Balaban J connectivity index is 1.94. The number of β-amino-alcohol motifs (C(OH)–C–C–N with tert-alkyl or cyclic N) is 1. The van der Waals surface area contributed by atoms with Crippen LogP contribution in [-0.2, 0) is 11.3 Å². The quantitative estimate of drug-likeness (QED) is 0.756. The molecule has 0 bridgehead atoms. The molecule has 5 heteroatoms. The van der Waals surface area contributed by atoms with Crippen molar-refractivity contribution in [2.45, 2.75) is 44.9 Å². The van der Waals surface area contributed by atoms with Gasteiger partial charge >= 0.3 is 0 Å². The highest BCUT2D eigenvalue weighted by atomic mass is 16.3. The molecule has 1 aromatic carbocycles. The van der Waals surface area contributed by atoms with Crippen molar-refractivity contribution < 1.29 is 15.0 Å². The Morgan fingerprint density at radius 1 is 1.30 bits per heavy atom. The van der Waals surface area contributed by atoms with Gasteiger partial charge in [-0.05, 0) is 25.8 Å². The Morgan fingerprint density at radius 2 is 2.00 bits per heavy atom. The minimum Gasteiger partial charge on any atom is -0.390 e. The summed E-state index contributed by atoms with van der Waals surface area (Å²) < 4.78 is 0. The number of nitrogens with zero attached hydrogens (tertiary/aromatic N) is 2. The largest absolute Gasteiger partial charge is 0.390 e. The highest BCUT2D eigenvalue weighted by Crippen LogP contribution is 2.13. The fourth-order valence-electron chi connectivity index (χ4n) is 3.08. The van der Waals surface area contributed by atoms with Gasteiger partial charge in [-0.25, -0.2) is 0 Å². The van der Waals surface area contributed by atoms with Crippen molar-refractivity contribution >= 4 is 5.91 Å². The van der Waals surface area contributed by atoms with E-state index in [9.17, 15) is 15.0 Å². The van der Waals surface area contributed by atoms with Crippen molar-refractivity contribution in [3.05, 3.63) is 35.9 Å². The normalized spacial score (nSPS) is 17.1. The van der Waals surface area contributed by atoms with Gasteiger partial charge in [-0.1, -0.05) is 30.3 Å². The van der Waals surface area contributed by atoms with E-state index in [1.807, 2.05) is 35.2 Å². The van der Waals surface area contributed by atoms with Crippen LogP contribution < -0.4 is 0 Å². The summed E-state index contributed by atoms with van der Waals surface area (Å²) in [6.07, 6.45) is 0.857. The Hall–Kier alpha value is -1.43. The first-order valence-corrected chi connectivity index (χ1v) is 8.28. The van der Waals surface area contributed by atoms with Gasteiger partial charge in [-0.2, -0.15) is 0 Å². The van der Waals surface area contributed by atoms with E-state index in [1.165, 1.54) is 0 Å². The molecule has 0 spiro atoms. The van der Waals surface area contributed by atoms with E-state index in [-0.39, 0.29) is 5.91 Å². The standard InChI is InChI=1S/C18H28N2O3/c1-18(2,23)14-19(11-15-7-4-3-5-8-15)12-16(21)13-20-10-6-9-17(20)22/h3-5,7-8,16,21,23H,6,9-14H2,1-2H3. The molecule has 1 atom stereocenters. The lowest BCUT2D eigenvalue weighted by Gasteiger charge is -2.31. The number of benzene rings is 1. The van der Waals surface area contributed by atoms with Crippen LogP contribution in [0.4, 0.5) is 0 Å². The van der Waals surface area contributed by atoms with Crippen LogP contribution in [-0.4, -0.2) is 63.8 Å². The second kappa shape index (κ2) is 7.90. The predicted molar refractivity (Wildman–Crippen MR) is 89.8 cm³/mol. The number of amides is 1. The molecule has 1 aliphatic heterocycles. The first-order chi connectivity index (χ1) is 10.8. The van der Waals surface area contributed by atoms with Gasteiger partial charge in [-0.3, -0.25) is 9.69 Å². The monoisotopic (exact) mass is 320 g/mol. The topological polar surface area (TPSA) is 64.0 Å². The summed E-state index contributed by atoms with van der Waals surface area (Å²) in [6.45, 7) is 6.20. The Morgan fingerprint density at radius 3 is 2.57 bits per heavy atom. The average molecular weight is 320 g/mol.